The van der Waals surface area contributed by atoms with Crippen LogP contribution in [0, 0.1) is 0 Å². The molecule has 3 heteroatoms. The van der Waals surface area contributed by atoms with Crippen molar-refractivity contribution in [2.24, 2.45) is 0 Å². The van der Waals surface area contributed by atoms with Crippen LogP contribution in [0.25, 0.3) is 0 Å². The Morgan fingerprint density at radius 3 is 2.33 bits per heavy atom. The van der Waals surface area contributed by atoms with Gasteiger partial charge < -0.3 is 0 Å². The summed E-state index contributed by atoms with van der Waals surface area (Å²) in [6, 6.07) is 4.16. The van der Waals surface area contributed by atoms with Crippen molar-refractivity contribution in [1.82, 2.24) is 4.90 Å². The molecule has 1 fully saturated rings. The maximum absolute atomic E-state index is 5.94. The average Bonchev–Trinajstić information content (AvgIpc) is 2.56. The van der Waals surface area contributed by atoms with Crippen molar-refractivity contribution in [2.75, 3.05) is 13.1 Å². The van der Waals surface area contributed by atoms with E-state index >= 15 is 0 Å². The molecule has 1 aromatic rings. The maximum atomic E-state index is 5.94. The summed E-state index contributed by atoms with van der Waals surface area (Å²) in [5, 5.41) is 0. The molecule has 0 aliphatic carbocycles. The standard InChI is InChI=1S/C12H18ClNS/c13-12-7-6-11(15-12)10-14-8-4-2-1-3-5-9-14/h6-7H,1-5,8-10H2. The minimum Gasteiger partial charge on any atom is -0.298 e. The van der Waals surface area contributed by atoms with Gasteiger partial charge in [0.15, 0.2) is 0 Å². The summed E-state index contributed by atoms with van der Waals surface area (Å²) >= 11 is 7.65. The van der Waals surface area contributed by atoms with Crippen molar-refractivity contribution in [2.45, 2.75) is 38.6 Å². The summed E-state index contributed by atoms with van der Waals surface area (Å²) in [5.41, 5.74) is 0. The quantitative estimate of drug-likeness (QED) is 0.754. The Morgan fingerprint density at radius 1 is 1.07 bits per heavy atom. The molecular weight excluding hydrogens is 226 g/mol. The first kappa shape index (κ1) is 11.4. The number of halogens is 1. The van der Waals surface area contributed by atoms with E-state index in [1.165, 1.54) is 50.1 Å². The van der Waals surface area contributed by atoms with Crippen LogP contribution in [0.3, 0.4) is 0 Å². The summed E-state index contributed by atoms with van der Waals surface area (Å²) in [4.78, 5) is 3.97. The molecule has 0 radical (unpaired) electrons. The van der Waals surface area contributed by atoms with Gasteiger partial charge in [0.25, 0.3) is 0 Å². The Morgan fingerprint density at radius 2 is 1.73 bits per heavy atom. The summed E-state index contributed by atoms with van der Waals surface area (Å²) in [7, 11) is 0. The average molecular weight is 244 g/mol. The zero-order valence-electron chi connectivity index (χ0n) is 9.04. The zero-order valence-corrected chi connectivity index (χ0v) is 10.6. The van der Waals surface area contributed by atoms with Crippen LogP contribution in [0.15, 0.2) is 12.1 Å². The molecule has 1 saturated heterocycles. The van der Waals surface area contributed by atoms with Crippen molar-refractivity contribution < 1.29 is 0 Å². The van der Waals surface area contributed by atoms with Crippen molar-refractivity contribution in [3.8, 4) is 0 Å². The molecule has 0 spiro atoms. The van der Waals surface area contributed by atoms with E-state index in [0.29, 0.717) is 0 Å². The molecule has 0 N–H and O–H groups in total. The van der Waals surface area contributed by atoms with Crippen LogP contribution in [-0.4, -0.2) is 18.0 Å². The van der Waals surface area contributed by atoms with Crippen LogP contribution < -0.4 is 0 Å². The highest BCUT2D eigenvalue weighted by molar-refractivity contribution is 7.16. The fraction of sp³-hybridized carbons (Fsp3) is 0.667. The van der Waals surface area contributed by atoms with Gasteiger partial charge in [-0.2, -0.15) is 0 Å². The third-order valence-corrected chi connectivity index (χ3v) is 4.17. The molecule has 1 aliphatic rings. The van der Waals surface area contributed by atoms with Gasteiger partial charge in [-0.15, -0.1) is 11.3 Å². The van der Waals surface area contributed by atoms with E-state index in [0.717, 1.165) is 10.9 Å². The number of hydrogen-bond acceptors (Lipinski definition) is 2. The molecule has 0 atom stereocenters. The third kappa shape index (κ3) is 3.78. The fourth-order valence-electron chi connectivity index (χ4n) is 2.13. The van der Waals surface area contributed by atoms with Gasteiger partial charge in [-0.1, -0.05) is 30.9 Å². The topological polar surface area (TPSA) is 3.24 Å². The summed E-state index contributed by atoms with van der Waals surface area (Å²) in [5.74, 6) is 0. The minimum atomic E-state index is 0.914. The lowest BCUT2D eigenvalue weighted by atomic mass is 10.1. The van der Waals surface area contributed by atoms with Gasteiger partial charge in [-0.05, 0) is 38.1 Å². The second-order valence-electron chi connectivity index (χ2n) is 4.25. The highest BCUT2D eigenvalue weighted by atomic mass is 35.5. The first-order valence-corrected chi connectivity index (χ1v) is 7.00. The maximum Gasteiger partial charge on any atom is 0.0931 e. The Labute approximate surface area is 101 Å². The van der Waals surface area contributed by atoms with Crippen LogP contribution in [0.5, 0.6) is 0 Å². The fourth-order valence-corrected chi connectivity index (χ4v) is 3.26. The van der Waals surface area contributed by atoms with Crippen LogP contribution in [0.4, 0.5) is 0 Å². The van der Waals surface area contributed by atoms with Gasteiger partial charge in [-0.25, -0.2) is 0 Å². The van der Waals surface area contributed by atoms with E-state index in [2.05, 4.69) is 11.0 Å². The molecule has 0 unspecified atom stereocenters. The number of hydrogen-bond donors (Lipinski definition) is 0. The lowest BCUT2D eigenvalue weighted by Crippen LogP contribution is -2.26. The van der Waals surface area contributed by atoms with Gasteiger partial charge in [0.05, 0.1) is 4.34 Å². The normalized spacial score (nSPS) is 19.8. The molecule has 15 heavy (non-hydrogen) atoms. The summed E-state index contributed by atoms with van der Waals surface area (Å²) in [6.45, 7) is 3.61. The van der Waals surface area contributed by atoms with Gasteiger partial charge in [0.2, 0.25) is 0 Å². The van der Waals surface area contributed by atoms with E-state index in [1.807, 2.05) is 6.07 Å². The zero-order chi connectivity index (χ0) is 10.5. The minimum absolute atomic E-state index is 0.914. The summed E-state index contributed by atoms with van der Waals surface area (Å²) < 4.78 is 0.914. The SMILES string of the molecule is Clc1ccc(CN2CCCCCCC2)s1. The molecular formula is C12H18ClNS. The van der Waals surface area contributed by atoms with Gasteiger partial charge in [-0.3, -0.25) is 4.90 Å². The second kappa shape index (κ2) is 5.88. The Hall–Kier alpha value is -0.0500. The predicted molar refractivity (Wildman–Crippen MR) is 67.7 cm³/mol. The molecule has 1 aliphatic heterocycles. The monoisotopic (exact) mass is 243 g/mol. The van der Waals surface area contributed by atoms with E-state index in [4.69, 9.17) is 11.6 Å². The molecule has 0 amide bonds. The van der Waals surface area contributed by atoms with Crippen LogP contribution in [0.2, 0.25) is 4.34 Å². The number of thiophene rings is 1. The van der Waals surface area contributed by atoms with Crippen LogP contribution in [-0.2, 0) is 6.54 Å². The lowest BCUT2D eigenvalue weighted by Gasteiger charge is -2.23. The Kier molecular flexibility index (Phi) is 4.48. The summed E-state index contributed by atoms with van der Waals surface area (Å²) in [6.07, 6.45) is 6.96. The van der Waals surface area contributed by atoms with Gasteiger partial charge in [0, 0.05) is 11.4 Å². The van der Waals surface area contributed by atoms with E-state index < -0.39 is 0 Å². The number of likely N-dealkylation sites (tertiary alicyclic amines) is 1. The third-order valence-electron chi connectivity index (χ3n) is 2.96. The van der Waals surface area contributed by atoms with Crippen molar-refractivity contribution in [1.29, 1.82) is 0 Å². The van der Waals surface area contributed by atoms with Crippen LogP contribution >= 0.6 is 22.9 Å². The highest BCUT2D eigenvalue weighted by Gasteiger charge is 2.09. The molecule has 1 aromatic heterocycles. The van der Waals surface area contributed by atoms with E-state index in [9.17, 15) is 0 Å². The van der Waals surface area contributed by atoms with Crippen molar-refractivity contribution in [3.05, 3.63) is 21.3 Å². The molecule has 0 saturated carbocycles. The molecule has 1 nitrogen and oxygen atoms in total. The predicted octanol–water partition coefficient (Wildman–Crippen LogP) is 4.17. The van der Waals surface area contributed by atoms with Crippen LogP contribution in [0.1, 0.15) is 37.0 Å². The number of rotatable bonds is 2. The van der Waals surface area contributed by atoms with E-state index in [-0.39, 0.29) is 0 Å². The molecule has 0 bridgehead atoms. The molecule has 2 rings (SSSR count). The molecule has 84 valence electrons. The second-order valence-corrected chi connectivity index (χ2v) is 6.05. The van der Waals surface area contributed by atoms with Crippen molar-refractivity contribution in [3.63, 3.8) is 0 Å². The highest BCUT2D eigenvalue weighted by Crippen LogP contribution is 2.23. The number of nitrogens with zero attached hydrogens (tertiary/aromatic N) is 1. The molecule has 0 aromatic carbocycles. The largest absolute Gasteiger partial charge is 0.298 e. The molecule has 2 heterocycles. The van der Waals surface area contributed by atoms with Crippen molar-refractivity contribution >= 4 is 22.9 Å². The smallest absolute Gasteiger partial charge is 0.0931 e. The Balaban J connectivity index is 1.86. The van der Waals surface area contributed by atoms with Gasteiger partial charge in [0.1, 0.15) is 0 Å². The lowest BCUT2D eigenvalue weighted by molar-refractivity contribution is 0.241. The Bertz CT molecular complexity index is 290. The van der Waals surface area contributed by atoms with E-state index in [1.54, 1.807) is 11.3 Å². The van der Waals surface area contributed by atoms with Gasteiger partial charge >= 0.3 is 0 Å². The first-order chi connectivity index (χ1) is 7.34. The first-order valence-electron chi connectivity index (χ1n) is 5.81.